The minimum Gasteiger partial charge on any atom is -0.493 e. The fraction of sp³-hybridized carbons (Fsp3) is 0.600. The molecule has 1 saturated carbocycles. The van der Waals surface area contributed by atoms with Crippen molar-refractivity contribution in [3.05, 3.63) is 23.8 Å². The lowest BCUT2D eigenvalue weighted by atomic mass is 9.85. The largest absolute Gasteiger partial charge is 0.493 e. The quantitative estimate of drug-likeness (QED) is 0.561. The molecule has 0 aromatic heterocycles. The Balaban J connectivity index is 1.76. The third kappa shape index (κ3) is 6.02. The highest BCUT2D eigenvalue weighted by atomic mass is 16.5. The summed E-state index contributed by atoms with van der Waals surface area (Å²) in [5.41, 5.74) is 1.04. The van der Waals surface area contributed by atoms with Crippen LogP contribution >= 0.6 is 0 Å². The number of nitrogens with one attached hydrogen (secondary N) is 2. The van der Waals surface area contributed by atoms with Crippen LogP contribution in [0.1, 0.15) is 32.3 Å². The van der Waals surface area contributed by atoms with Crippen LogP contribution in [0, 0.1) is 0 Å². The van der Waals surface area contributed by atoms with Crippen molar-refractivity contribution in [1.29, 1.82) is 0 Å². The van der Waals surface area contributed by atoms with Gasteiger partial charge in [-0.3, -0.25) is 9.69 Å². The second kappa shape index (κ2) is 10.2. The van der Waals surface area contributed by atoms with E-state index in [1.165, 1.54) is 0 Å². The van der Waals surface area contributed by atoms with Crippen molar-refractivity contribution in [2.24, 2.45) is 0 Å². The van der Waals surface area contributed by atoms with E-state index in [-0.39, 0.29) is 30.7 Å². The van der Waals surface area contributed by atoms with Crippen molar-refractivity contribution >= 4 is 12.0 Å². The van der Waals surface area contributed by atoms with Crippen LogP contribution in [0.4, 0.5) is 4.79 Å². The lowest BCUT2D eigenvalue weighted by Crippen LogP contribution is -2.57. The van der Waals surface area contributed by atoms with Crippen LogP contribution in [0.15, 0.2) is 18.2 Å². The highest BCUT2D eigenvalue weighted by molar-refractivity contribution is 5.74. The predicted molar refractivity (Wildman–Crippen MR) is 106 cm³/mol. The molecule has 1 aromatic carbocycles. The van der Waals surface area contributed by atoms with E-state index in [9.17, 15) is 9.59 Å². The van der Waals surface area contributed by atoms with E-state index in [1.807, 2.05) is 36.9 Å². The van der Waals surface area contributed by atoms with Crippen LogP contribution in [0.5, 0.6) is 11.5 Å². The Labute approximate surface area is 166 Å². The lowest BCUT2D eigenvalue weighted by Gasteiger charge is -2.42. The first-order valence-corrected chi connectivity index (χ1v) is 9.60. The van der Waals surface area contributed by atoms with Gasteiger partial charge in [-0.05, 0) is 50.4 Å². The molecule has 1 fully saturated rings. The van der Waals surface area contributed by atoms with E-state index in [0.29, 0.717) is 24.5 Å². The van der Waals surface area contributed by atoms with Crippen molar-refractivity contribution in [3.63, 3.8) is 0 Å². The molecule has 1 aliphatic carbocycles. The summed E-state index contributed by atoms with van der Waals surface area (Å²) in [4.78, 5) is 25.0. The highest BCUT2D eigenvalue weighted by Crippen LogP contribution is 2.28. The van der Waals surface area contributed by atoms with Gasteiger partial charge >= 0.3 is 12.0 Å². The number of methoxy groups -OCH3 is 2. The molecule has 0 saturated heterocycles. The second-order valence-electron chi connectivity index (χ2n) is 7.19. The molecule has 3 N–H and O–H groups in total. The summed E-state index contributed by atoms with van der Waals surface area (Å²) in [5, 5.41) is 14.9. The summed E-state index contributed by atoms with van der Waals surface area (Å²) in [7, 11) is 3.19. The number of nitrogens with zero attached hydrogens (tertiary/aromatic N) is 1. The van der Waals surface area contributed by atoms with Gasteiger partial charge in [0.05, 0.1) is 20.8 Å². The number of urea groups is 1. The molecule has 0 spiro atoms. The van der Waals surface area contributed by atoms with Crippen molar-refractivity contribution in [1.82, 2.24) is 15.5 Å². The number of hydrogen-bond acceptors (Lipinski definition) is 5. The minimum absolute atomic E-state index is 0.0441. The lowest BCUT2D eigenvalue weighted by molar-refractivity contribution is -0.139. The molecule has 8 nitrogen and oxygen atoms in total. The third-order valence-corrected chi connectivity index (χ3v) is 5.08. The van der Waals surface area contributed by atoms with Gasteiger partial charge in [0.15, 0.2) is 11.5 Å². The van der Waals surface area contributed by atoms with Crippen LogP contribution in [-0.4, -0.2) is 67.4 Å². The number of carboxylic acids is 1. The topological polar surface area (TPSA) is 100 Å². The molecule has 1 unspecified atom stereocenters. The van der Waals surface area contributed by atoms with E-state index < -0.39 is 5.97 Å². The Kier molecular flexibility index (Phi) is 7.92. The number of carbonyl (C=O) groups excluding carboxylic acids is 1. The summed E-state index contributed by atoms with van der Waals surface area (Å²) in [6, 6.07) is 5.78. The highest BCUT2D eigenvalue weighted by Gasteiger charge is 2.34. The maximum Gasteiger partial charge on any atom is 0.317 e. The maximum absolute atomic E-state index is 12.2. The van der Waals surface area contributed by atoms with Crippen LogP contribution < -0.4 is 20.1 Å². The SMILES string of the molecule is CCN(CC(=O)O)C1CC(NC(=O)NC(C)Cc2ccc(OC)c(OC)c2)C1. The molecule has 1 aliphatic rings. The molecule has 8 heteroatoms. The van der Waals surface area contributed by atoms with Crippen LogP contribution in [0.2, 0.25) is 0 Å². The summed E-state index contributed by atoms with van der Waals surface area (Å²) in [5.74, 6) is 0.521. The Morgan fingerprint density at radius 1 is 1.25 bits per heavy atom. The van der Waals surface area contributed by atoms with Gasteiger partial charge in [-0.1, -0.05) is 13.0 Å². The van der Waals surface area contributed by atoms with Crippen LogP contribution in [0.3, 0.4) is 0 Å². The molecule has 28 heavy (non-hydrogen) atoms. The maximum atomic E-state index is 12.2. The first kappa shape index (κ1) is 21.8. The van der Waals surface area contributed by atoms with Crippen LogP contribution in [-0.2, 0) is 11.2 Å². The zero-order valence-corrected chi connectivity index (χ0v) is 17.0. The zero-order chi connectivity index (χ0) is 20.7. The molecule has 1 atom stereocenters. The normalized spacial score (nSPS) is 19.5. The average Bonchev–Trinajstić information content (AvgIpc) is 2.62. The Bertz CT molecular complexity index is 676. The Morgan fingerprint density at radius 3 is 2.50 bits per heavy atom. The van der Waals surface area contributed by atoms with Gasteiger partial charge in [-0.15, -0.1) is 0 Å². The van der Waals surface area contributed by atoms with Gasteiger partial charge in [0.2, 0.25) is 0 Å². The van der Waals surface area contributed by atoms with E-state index in [4.69, 9.17) is 14.6 Å². The number of likely N-dealkylation sites (N-methyl/N-ethyl adjacent to an activating group) is 1. The first-order chi connectivity index (χ1) is 13.4. The third-order valence-electron chi connectivity index (χ3n) is 5.08. The van der Waals surface area contributed by atoms with Gasteiger partial charge < -0.3 is 25.2 Å². The van der Waals surface area contributed by atoms with Gasteiger partial charge in [0, 0.05) is 18.1 Å². The van der Waals surface area contributed by atoms with Crippen molar-refractivity contribution < 1.29 is 24.2 Å². The Morgan fingerprint density at radius 2 is 1.93 bits per heavy atom. The first-order valence-electron chi connectivity index (χ1n) is 9.60. The van der Waals surface area contributed by atoms with Crippen LogP contribution in [0.25, 0.3) is 0 Å². The fourth-order valence-electron chi connectivity index (χ4n) is 3.54. The summed E-state index contributed by atoms with van der Waals surface area (Å²) >= 11 is 0. The van der Waals surface area contributed by atoms with Gasteiger partial charge in [0.25, 0.3) is 0 Å². The number of carbonyl (C=O) groups is 2. The van der Waals surface area contributed by atoms with Gasteiger partial charge in [-0.2, -0.15) is 0 Å². The summed E-state index contributed by atoms with van der Waals surface area (Å²) < 4.78 is 10.5. The summed E-state index contributed by atoms with van der Waals surface area (Å²) in [6.07, 6.45) is 2.22. The van der Waals surface area contributed by atoms with Gasteiger partial charge in [-0.25, -0.2) is 4.79 Å². The second-order valence-corrected chi connectivity index (χ2v) is 7.19. The zero-order valence-electron chi connectivity index (χ0n) is 17.0. The van der Waals surface area contributed by atoms with E-state index >= 15 is 0 Å². The molecular weight excluding hydrogens is 362 g/mol. The van der Waals surface area contributed by atoms with E-state index in [0.717, 1.165) is 18.4 Å². The number of benzene rings is 1. The molecule has 0 radical (unpaired) electrons. The number of carboxylic acid groups (broad SMARTS) is 1. The number of hydrogen-bond donors (Lipinski definition) is 3. The number of amides is 2. The predicted octanol–water partition coefficient (Wildman–Crippen LogP) is 1.87. The average molecular weight is 393 g/mol. The van der Waals surface area contributed by atoms with Gasteiger partial charge in [0.1, 0.15) is 0 Å². The molecule has 1 aromatic rings. The van der Waals surface area contributed by atoms with Crippen molar-refractivity contribution in [2.75, 3.05) is 27.3 Å². The van der Waals surface area contributed by atoms with Crippen molar-refractivity contribution in [2.45, 2.75) is 51.2 Å². The number of ether oxygens (including phenoxy) is 2. The molecule has 2 amide bonds. The van der Waals surface area contributed by atoms with E-state index in [1.54, 1.807) is 14.2 Å². The Hall–Kier alpha value is -2.48. The molecule has 0 bridgehead atoms. The fourth-order valence-corrected chi connectivity index (χ4v) is 3.54. The number of aliphatic carboxylic acids is 1. The smallest absolute Gasteiger partial charge is 0.317 e. The van der Waals surface area contributed by atoms with Crippen molar-refractivity contribution in [3.8, 4) is 11.5 Å². The number of rotatable bonds is 10. The molecule has 0 heterocycles. The summed E-state index contributed by atoms with van der Waals surface area (Å²) in [6.45, 7) is 4.64. The molecular formula is C20H31N3O5. The monoisotopic (exact) mass is 393 g/mol. The van der Waals surface area contributed by atoms with E-state index in [2.05, 4.69) is 10.6 Å². The molecule has 156 valence electrons. The minimum atomic E-state index is -0.819. The molecule has 2 rings (SSSR count). The molecule has 0 aliphatic heterocycles. The standard InChI is InChI=1S/C20H31N3O5/c1-5-23(12-19(24)25)16-10-15(11-16)22-20(26)21-13(2)8-14-6-7-17(27-3)18(9-14)28-4/h6-7,9,13,15-16H,5,8,10-12H2,1-4H3,(H,24,25)(H2,21,22,26).